The lowest BCUT2D eigenvalue weighted by atomic mass is 10.1. The second-order valence-electron chi connectivity index (χ2n) is 5.35. The molecule has 1 heterocycles. The maximum atomic E-state index is 11.8. The number of fused-ring (bicyclic) bond motifs is 1. The predicted molar refractivity (Wildman–Crippen MR) is 77.1 cm³/mol. The molecule has 0 bridgehead atoms. The van der Waals surface area contributed by atoms with E-state index in [2.05, 4.69) is 30.0 Å². The molecule has 0 radical (unpaired) electrons. The van der Waals surface area contributed by atoms with Crippen LogP contribution in [0.1, 0.15) is 49.8 Å². The molecule has 1 atom stereocenters. The second-order valence-corrected chi connectivity index (χ2v) is 5.35. The van der Waals surface area contributed by atoms with E-state index in [1.165, 1.54) is 30.4 Å². The molecule has 4 nitrogen and oxygen atoms in total. The summed E-state index contributed by atoms with van der Waals surface area (Å²) < 4.78 is 2.03. The number of hydrogen-bond acceptors (Lipinski definition) is 2. The monoisotopic (exact) mass is 263 g/mol. The Labute approximate surface area is 115 Å². The van der Waals surface area contributed by atoms with E-state index in [4.69, 9.17) is 0 Å². The Morgan fingerprint density at radius 1 is 1.42 bits per heavy atom. The van der Waals surface area contributed by atoms with Crippen molar-refractivity contribution in [1.29, 1.82) is 0 Å². The zero-order valence-corrected chi connectivity index (χ0v) is 12.0. The van der Waals surface area contributed by atoms with Gasteiger partial charge in [-0.05, 0) is 43.9 Å². The summed E-state index contributed by atoms with van der Waals surface area (Å²) in [5.41, 5.74) is 2.78. The lowest BCUT2D eigenvalue weighted by Gasteiger charge is -2.13. The molecule has 1 aliphatic rings. The van der Waals surface area contributed by atoms with Gasteiger partial charge < -0.3 is 15.2 Å². The van der Waals surface area contributed by atoms with Crippen LogP contribution in [0.3, 0.4) is 0 Å². The average molecular weight is 263 g/mol. The molecule has 19 heavy (non-hydrogen) atoms. The van der Waals surface area contributed by atoms with Crippen LogP contribution in [0.2, 0.25) is 0 Å². The molecule has 1 amide bonds. The Morgan fingerprint density at radius 3 is 3.00 bits per heavy atom. The molecular weight excluding hydrogens is 238 g/mol. The van der Waals surface area contributed by atoms with E-state index in [0.29, 0.717) is 12.6 Å². The van der Waals surface area contributed by atoms with Gasteiger partial charge >= 0.3 is 0 Å². The van der Waals surface area contributed by atoms with Gasteiger partial charge in [-0.25, -0.2) is 0 Å². The van der Waals surface area contributed by atoms with Crippen LogP contribution in [0.15, 0.2) is 12.4 Å². The lowest BCUT2D eigenvalue weighted by Crippen LogP contribution is -2.27. The number of rotatable bonds is 5. The molecular formula is C15H25N3O. The smallest absolute Gasteiger partial charge is 0.239 e. The van der Waals surface area contributed by atoms with E-state index in [1.807, 2.05) is 11.6 Å². The average Bonchev–Trinajstić information content (AvgIpc) is 2.69. The third kappa shape index (κ3) is 3.60. The molecule has 106 valence electrons. The van der Waals surface area contributed by atoms with Crippen molar-refractivity contribution in [2.24, 2.45) is 0 Å². The second kappa shape index (κ2) is 6.75. The SMILES string of the molecule is CCCNC(=O)Cn1cc2c(c1)C(NC)CCCC2. The van der Waals surface area contributed by atoms with E-state index in [1.54, 1.807) is 0 Å². The largest absolute Gasteiger partial charge is 0.355 e. The van der Waals surface area contributed by atoms with Crippen LogP contribution >= 0.6 is 0 Å². The van der Waals surface area contributed by atoms with Gasteiger partial charge in [0.05, 0.1) is 0 Å². The van der Waals surface area contributed by atoms with Crippen LogP contribution in [0.25, 0.3) is 0 Å². The van der Waals surface area contributed by atoms with Gasteiger partial charge in [0.25, 0.3) is 0 Å². The van der Waals surface area contributed by atoms with Gasteiger partial charge in [-0.3, -0.25) is 4.79 Å². The number of nitrogens with one attached hydrogen (secondary N) is 2. The lowest BCUT2D eigenvalue weighted by molar-refractivity contribution is -0.121. The molecule has 0 spiro atoms. The molecule has 2 N–H and O–H groups in total. The Morgan fingerprint density at radius 2 is 2.26 bits per heavy atom. The van der Waals surface area contributed by atoms with Crippen LogP contribution in [0.5, 0.6) is 0 Å². The fourth-order valence-electron chi connectivity index (χ4n) is 2.79. The van der Waals surface area contributed by atoms with Crippen LogP contribution in [-0.4, -0.2) is 24.1 Å². The quantitative estimate of drug-likeness (QED) is 0.798. The number of amides is 1. The maximum Gasteiger partial charge on any atom is 0.239 e. The van der Waals surface area contributed by atoms with E-state index in [9.17, 15) is 4.79 Å². The van der Waals surface area contributed by atoms with E-state index in [-0.39, 0.29) is 5.91 Å². The summed E-state index contributed by atoms with van der Waals surface area (Å²) in [5.74, 6) is 0.105. The summed E-state index contributed by atoms with van der Waals surface area (Å²) >= 11 is 0. The summed E-state index contributed by atoms with van der Waals surface area (Å²) in [6.07, 6.45) is 10.1. The first kappa shape index (κ1) is 14.1. The highest BCUT2D eigenvalue weighted by molar-refractivity contribution is 5.75. The van der Waals surface area contributed by atoms with Crippen molar-refractivity contribution in [3.8, 4) is 0 Å². The maximum absolute atomic E-state index is 11.8. The van der Waals surface area contributed by atoms with Crippen molar-refractivity contribution in [3.63, 3.8) is 0 Å². The molecule has 0 aromatic carbocycles. The first-order valence-corrected chi connectivity index (χ1v) is 7.37. The first-order valence-electron chi connectivity index (χ1n) is 7.37. The number of nitrogens with zero attached hydrogens (tertiary/aromatic N) is 1. The number of hydrogen-bond donors (Lipinski definition) is 2. The van der Waals surface area contributed by atoms with E-state index in [0.717, 1.165) is 19.4 Å². The number of carbonyl (C=O) groups excluding carboxylic acids is 1. The number of aryl methyl sites for hydroxylation is 1. The Hall–Kier alpha value is -1.29. The van der Waals surface area contributed by atoms with Gasteiger partial charge in [0.1, 0.15) is 6.54 Å². The van der Waals surface area contributed by atoms with Gasteiger partial charge in [-0.15, -0.1) is 0 Å². The molecule has 1 aliphatic carbocycles. The van der Waals surface area contributed by atoms with Gasteiger partial charge in [0, 0.05) is 25.0 Å². The fourth-order valence-corrected chi connectivity index (χ4v) is 2.79. The minimum atomic E-state index is 0.105. The van der Waals surface area contributed by atoms with E-state index >= 15 is 0 Å². The molecule has 1 aromatic rings. The van der Waals surface area contributed by atoms with Crippen molar-refractivity contribution in [1.82, 2.24) is 15.2 Å². The zero-order valence-electron chi connectivity index (χ0n) is 12.0. The highest BCUT2D eigenvalue weighted by atomic mass is 16.1. The molecule has 0 aliphatic heterocycles. The first-order chi connectivity index (χ1) is 9.24. The third-order valence-corrected chi connectivity index (χ3v) is 3.81. The standard InChI is InChI=1S/C15H25N3O/c1-3-8-17-15(19)11-18-9-12-6-4-5-7-14(16-2)13(12)10-18/h9-10,14,16H,3-8,11H2,1-2H3,(H,17,19). The Balaban J connectivity index is 2.06. The summed E-state index contributed by atoms with van der Waals surface area (Å²) in [5, 5.41) is 6.31. The van der Waals surface area contributed by atoms with E-state index < -0.39 is 0 Å². The van der Waals surface area contributed by atoms with Gasteiger partial charge in [-0.1, -0.05) is 13.3 Å². The highest BCUT2D eigenvalue weighted by Crippen LogP contribution is 2.29. The van der Waals surface area contributed by atoms with Gasteiger partial charge in [0.15, 0.2) is 0 Å². The summed E-state index contributed by atoms with van der Waals surface area (Å²) in [7, 11) is 2.02. The van der Waals surface area contributed by atoms with Crippen molar-refractivity contribution in [2.45, 2.75) is 51.6 Å². The fraction of sp³-hybridized carbons (Fsp3) is 0.667. The molecule has 0 saturated carbocycles. The summed E-state index contributed by atoms with van der Waals surface area (Å²) in [6, 6.07) is 0.442. The van der Waals surface area contributed by atoms with Gasteiger partial charge in [-0.2, -0.15) is 0 Å². The Bertz CT molecular complexity index is 425. The van der Waals surface area contributed by atoms with Crippen molar-refractivity contribution < 1.29 is 4.79 Å². The van der Waals surface area contributed by atoms with Gasteiger partial charge in [0.2, 0.25) is 5.91 Å². The van der Waals surface area contributed by atoms with Crippen LogP contribution < -0.4 is 10.6 Å². The minimum Gasteiger partial charge on any atom is -0.355 e. The van der Waals surface area contributed by atoms with Crippen LogP contribution in [0, 0.1) is 0 Å². The predicted octanol–water partition coefficient (Wildman–Crippen LogP) is 2.00. The molecule has 0 saturated heterocycles. The molecule has 1 unspecified atom stereocenters. The number of carbonyl (C=O) groups is 1. The highest BCUT2D eigenvalue weighted by Gasteiger charge is 2.19. The van der Waals surface area contributed by atoms with Crippen molar-refractivity contribution in [3.05, 3.63) is 23.5 Å². The van der Waals surface area contributed by atoms with Crippen molar-refractivity contribution in [2.75, 3.05) is 13.6 Å². The molecule has 4 heteroatoms. The zero-order chi connectivity index (χ0) is 13.7. The Kier molecular flexibility index (Phi) is 5.02. The van der Waals surface area contributed by atoms with Crippen molar-refractivity contribution >= 4 is 5.91 Å². The third-order valence-electron chi connectivity index (χ3n) is 3.81. The minimum absolute atomic E-state index is 0.105. The molecule has 1 aromatic heterocycles. The molecule has 2 rings (SSSR count). The normalized spacial score (nSPS) is 18.7. The molecule has 0 fully saturated rings. The topological polar surface area (TPSA) is 46.1 Å². The van der Waals surface area contributed by atoms with Crippen LogP contribution in [0.4, 0.5) is 0 Å². The summed E-state index contributed by atoms with van der Waals surface area (Å²) in [6.45, 7) is 3.26. The number of aromatic nitrogens is 1. The summed E-state index contributed by atoms with van der Waals surface area (Å²) in [4.78, 5) is 11.8. The van der Waals surface area contributed by atoms with Crippen LogP contribution in [-0.2, 0) is 17.8 Å².